The minimum Gasteiger partial charge on any atom is -0.193 e. The van der Waals surface area contributed by atoms with Crippen molar-refractivity contribution in [2.24, 2.45) is 0 Å². The summed E-state index contributed by atoms with van der Waals surface area (Å²) < 4.78 is 0. The summed E-state index contributed by atoms with van der Waals surface area (Å²) in [5.41, 5.74) is 1.17. The molecule has 0 aliphatic rings. The summed E-state index contributed by atoms with van der Waals surface area (Å²) in [5, 5.41) is 7.51. The van der Waals surface area contributed by atoms with Gasteiger partial charge >= 0.3 is 0 Å². The van der Waals surface area contributed by atoms with E-state index in [4.69, 9.17) is 5.26 Å². The van der Waals surface area contributed by atoms with Gasteiger partial charge in [0.2, 0.25) is 0 Å². The molecule has 0 radical (unpaired) electrons. The van der Waals surface area contributed by atoms with Gasteiger partial charge in [-0.25, -0.2) is 0 Å². The number of benzene rings is 1. The number of hydrogen-bond acceptors (Lipinski definition) is 1. The first-order valence-electron chi connectivity index (χ1n) is 4.36. The van der Waals surface area contributed by atoms with Gasteiger partial charge in [-0.05, 0) is 17.4 Å². The smallest absolute Gasteiger partial charge is 0.0905 e. The van der Waals surface area contributed by atoms with E-state index in [-0.39, 0.29) is 0 Å². The summed E-state index contributed by atoms with van der Waals surface area (Å²) in [6.07, 6.45) is 12.1. The van der Waals surface area contributed by atoms with Crippen LogP contribution >= 0.6 is 0 Å². The fourth-order valence-electron chi connectivity index (χ4n) is 0.589. The molecule has 0 heterocycles. The molecule has 1 aromatic carbocycles. The molecule has 1 rings (SSSR count). The molecule has 0 spiro atoms. The zero-order valence-corrected chi connectivity index (χ0v) is 9.06. The lowest BCUT2D eigenvalue weighted by atomic mass is 10.2. The topological polar surface area (TPSA) is 23.8 Å². The van der Waals surface area contributed by atoms with Crippen LogP contribution in [0.2, 0.25) is 0 Å². The zero-order chi connectivity index (χ0) is 12.6. The number of allylic oxidation sites excluding steroid dienone is 1. The summed E-state index contributed by atoms with van der Waals surface area (Å²) in [6.45, 7) is 6.75. The molecule has 0 unspecified atom stereocenters. The van der Waals surface area contributed by atoms with Crippen molar-refractivity contribution in [1.82, 2.24) is 0 Å². The highest BCUT2D eigenvalue weighted by Gasteiger charge is 1.75. The molecule has 0 aromatic heterocycles. The average Bonchev–Trinajstić information content (AvgIpc) is 2.40. The van der Waals surface area contributed by atoms with Crippen LogP contribution in [0.15, 0.2) is 49.6 Å². The predicted molar refractivity (Wildman–Crippen MR) is 70.0 cm³/mol. The maximum Gasteiger partial charge on any atom is 0.0905 e. The third-order valence-corrected chi connectivity index (χ3v) is 1.21. The summed E-state index contributed by atoms with van der Waals surface area (Å²) >= 11 is 0. The lowest BCUT2D eigenvalue weighted by Gasteiger charge is -1.85. The molecule has 0 N–H and O–H groups in total. The van der Waals surface area contributed by atoms with Gasteiger partial charge in [-0.3, -0.25) is 0 Å². The van der Waals surface area contributed by atoms with Crippen LogP contribution in [-0.4, -0.2) is 0 Å². The third kappa shape index (κ3) is 13.9. The van der Waals surface area contributed by atoms with Gasteiger partial charge in [0.05, 0.1) is 6.07 Å². The van der Waals surface area contributed by atoms with Gasteiger partial charge in [-0.1, -0.05) is 49.6 Å². The van der Waals surface area contributed by atoms with Gasteiger partial charge in [-0.15, -0.1) is 12.8 Å². The fraction of sp³-hybridized carbons (Fsp3) is 0. The van der Waals surface area contributed by atoms with E-state index in [0.717, 1.165) is 0 Å². The molecule has 78 valence electrons. The molecule has 0 aliphatic carbocycles. The summed E-state index contributed by atoms with van der Waals surface area (Å²) in [7, 11) is 0. The van der Waals surface area contributed by atoms with E-state index in [1.165, 1.54) is 11.6 Å². The minimum atomic E-state index is 1.17. The standard InChI is InChI=1S/C8H8.C4H2.C3H3N/c1-2-8-6-4-3-5-7-8;1-3-4-2;1-2-3-4/h2-7H,1H2;1-2H;2H,1H2. The molecule has 0 aliphatic heterocycles. The van der Waals surface area contributed by atoms with Crippen LogP contribution < -0.4 is 0 Å². The molecule has 0 bridgehead atoms. The van der Waals surface area contributed by atoms with Crippen molar-refractivity contribution in [3.63, 3.8) is 0 Å². The Kier molecular flexibility index (Phi) is 14.6. The Morgan fingerprint density at radius 3 is 1.69 bits per heavy atom. The number of nitriles is 1. The Morgan fingerprint density at radius 1 is 1.06 bits per heavy atom. The van der Waals surface area contributed by atoms with E-state index < -0.39 is 0 Å². The largest absolute Gasteiger partial charge is 0.193 e. The van der Waals surface area contributed by atoms with E-state index in [2.05, 4.69) is 26.0 Å². The molecule has 1 nitrogen and oxygen atoms in total. The average molecular weight is 207 g/mol. The normalized spacial score (nSPS) is 5.81. The monoisotopic (exact) mass is 207 g/mol. The second kappa shape index (κ2) is 14.8. The first-order chi connectivity index (χ1) is 7.76. The molecular weight excluding hydrogens is 194 g/mol. The second-order valence-electron chi connectivity index (χ2n) is 2.24. The molecular formula is C15H13N. The molecule has 1 aromatic rings. The molecule has 1 heteroatoms. The zero-order valence-electron chi connectivity index (χ0n) is 9.06. The molecule has 0 atom stereocenters. The lowest BCUT2D eigenvalue weighted by Crippen LogP contribution is -1.63. The number of terminal acetylenes is 2. The van der Waals surface area contributed by atoms with E-state index >= 15 is 0 Å². The second-order valence-corrected chi connectivity index (χ2v) is 2.24. The number of rotatable bonds is 1. The van der Waals surface area contributed by atoms with Crippen LogP contribution in [0.3, 0.4) is 0 Å². The fourth-order valence-corrected chi connectivity index (χ4v) is 0.589. The van der Waals surface area contributed by atoms with E-state index in [1.807, 2.05) is 48.2 Å². The van der Waals surface area contributed by atoms with Crippen molar-refractivity contribution >= 4 is 6.08 Å². The van der Waals surface area contributed by atoms with Crippen LogP contribution in [0.5, 0.6) is 0 Å². The van der Waals surface area contributed by atoms with Crippen molar-refractivity contribution in [2.45, 2.75) is 0 Å². The molecule has 0 saturated carbocycles. The summed E-state index contributed by atoms with van der Waals surface area (Å²) in [5.74, 6) is 3.92. The highest BCUT2D eigenvalue weighted by atomic mass is 14.2. The Morgan fingerprint density at radius 2 is 1.50 bits per heavy atom. The van der Waals surface area contributed by atoms with Gasteiger partial charge in [-0.2, -0.15) is 5.26 Å². The molecule has 16 heavy (non-hydrogen) atoms. The van der Waals surface area contributed by atoms with Crippen molar-refractivity contribution in [3.8, 4) is 30.8 Å². The van der Waals surface area contributed by atoms with Crippen LogP contribution in [0.4, 0.5) is 0 Å². The Hall–Kier alpha value is -2.69. The summed E-state index contributed by atoms with van der Waals surface area (Å²) in [4.78, 5) is 0. The van der Waals surface area contributed by atoms with Gasteiger partial charge in [0, 0.05) is 6.08 Å². The van der Waals surface area contributed by atoms with E-state index in [1.54, 1.807) is 6.07 Å². The highest BCUT2D eigenvalue weighted by Crippen LogP contribution is 1.97. The van der Waals surface area contributed by atoms with Crippen molar-refractivity contribution < 1.29 is 0 Å². The SMILES string of the molecule is C#CC#C.C=CC#N.C=Cc1ccccc1. The van der Waals surface area contributed by atoms with Crippen molar-refractivity contribution in [1.29, 1.82) is 5.26 Å². The van der Waals surface area contributed by atoms with Gasteiger partial charge < -0.3 is 0 Å². The van der Waals surface area contributed by atoms with Gasteiger partial charge in [0.15, 0.2) is 0 Å². The van der Waals surface area contributed by atoms with Crippen LogP contribution in [0, 0.1) is 36.0 Å². The third-order valence-electron chi connectivity index (χ3n) is 1.21. The Balaban J connectivity index is 0. The van der Waals surface area contributed by atoms with Crippen LogP contribution in [0.1, 0.15) is 5.56 Å². The van der Waals surface area contributed by atoms with Gasteiger partial charge in [0.25, 0.3) is 0 Å². The quantitative estimate of drug-likeness (QED) is 0.512. The summed E-state index contributed by atoms with van der Waals surface area (Å²) in [6, 6.07) is 11.7. The predicted octanol–water partition coefficient (Wildman–Crippen LogP) is 3.28. The van der Waals surface area contributed by atoms with E-state index in [0.29, 0.717) is 0 Å². The first-order valence-corrected chi connectivity index (χ1v) is 4.36. The van der Waals surface area contributed by atoms with Crippen LogP contribution in [0.25, 0.3) is 6.08 Å². The lowest BCUT2D eigenvalue weighted by molar-refractivity contribution is 1.54. The van der Waals surface area contributed by atoms with Crippen LogP contribution in [-0.2, 0) is 0 Å². The Labute approximate surface area is 97.7 Å². The maximum absolute atomic E-state index is 7.51. The van der Waals surface area contributed by atoms with Gasteiger partial charge in [0.1, 0.15) is 0 Å². The number of nitrogens with zero attached hydrogens (tertiary/aromatic N) is 1. The highest BCUT2D eigenvalue weighted by molar-refractivity contribution is 5.45. The van der Waals surface area contributed by atoms with Crippen molar-refractivity contribution in [2.75, 3.05) is 0 Å². The molecule has 0 fully saturated rings. The van der Waals surface area contributed by atoms with Crippen molar-refractivity contribution in [3.05, 3.63) is 55.1 Å². The minimum absolute atomic E-state index is 1.17. The van der Waals surface area contributed by atoms with E-state index in [9.17, 15) is 0 Å². The Bertz CT molecular complexity index is 395. The first kappa shape index (κ1) is 15.8. The molecule has 0 amide bonds. The number of hydrogen-bond donors (Lipinski definition) is 0. The maximum atomic E-state index is 7.51. The molecule has 0 saturated heterocycles.